The standard InChI is InChI=1S/C24H16BrN3O2/c25-16-10-11-21-18(12-16)19(23(29)27-21)13-22-26-20-9-5-4-8-17(20)24(30)28(22)14-15-6-2-1-3-7-15/h1-13H,14H2,(H,27,29)/b19-13+. The highest BCUT2D eigenvalue weighted by Gasteiger charge is 2.25. The number of para-hydroxylation sites is 1. The van der Waals surface area contributed by atoms with Crippen LogP contribution in [-0.4, -0.2) is 15.5 Å². The Bertz CT molecular complexity index is 1390. The highest BCUT2D eigenvalue weighted by atomic mass is 79.9. The Labute approximate surface area is 180 Å². The van der Waals surface area contributed by atoms with Crippen molar-refractivity contribution in [1.82, 2.24) is 9.55 Å². The number of hydrogen-bond donors (Lipinski definition) is 1. The predicted octanol–water partition coefficient (Wildman–Crippen LogP) is 4.70. The molecule has 0 aliphatic carbocycles. The number of benzene rings is 3. The zero-order valence-electron chi connectivity index (χ0n) is 15.8. The number of nitrogens with zero attached hydrogens (tertiary/aromatic N) is 2. The normalized spacial score (nSPS) is 14.2. The molecule has 1 amide bonds. The van der Waals surface area contributed by atoms with Crippen LogP contribution in [-0.2, 0) is 11.3 Å². The first-order valence-electron chi connectivity index (χ1n) is 9.46. The van der Waals surface area contributed by atoms with E-state index >= 15 is 0 Å². The molecule has 0 spiro atoms. The molecule has 0 saturated carbocycles. The number of rotatable bonds is 3. The lowest BCUT2D eigenvalue weighted by atomic mass is 10.1. The van der Waals surface area contributed by atoms with Crippen LogP contribution < -0.4 is 10.9 Å². The molecule has 0 bridgehead atoms. The highest BCUT2D eigenvalue weighted by Crippen LogP contribution is 2.34. The molecule has 3 aromatic carbocycles. The summed E-state index contributed by atoms with van der Waals surface area (Å²) in [6, 6.07) is 22.6. The van der Waals surface area contributed by atoms with E-state index in [4.69, 9.17) is 4.98 Å². The lowest BCUT2D eigenvalue weighted by Crippen LogP contribution is -2.24. The van der Waals surface area contributed by atoms with Crippen LogP contribution in [0, 0.1) is 0 Å². The van der Waals surface area contributed by atoms with E-state index in [2.05, 4.69) is 21.2 Å². The minimum Gasteiger partial charge on any atom is -0.321 e. The molecule has 30 heavy (non-hydrogen) atoms. The SMILES string of the molecule is O=C1Nc2ccc(Br)cc2/C1=C\c1nc2ccccc2c(=O)n1Cc1ccccc1. The van der Waals surface area contributed by atoms with Gasteiger partial charge in [0.15, 0.2) is 0 Å². The average molecular weight is 458 g/mol. The van der Waals surface area contributed by atoms with Gasteiger partial charge in [0.05, 0.1) is 23.0 Å². The van der Waals surface area contributed by atoms with Gasteiger partial charge in [-0.15, -0.1) is 0 Å². The van der Waals surface area contributed by atoms with Crippen LogP contribution >= 0.6 is 15.9 Å². The largest absolute Gasteiger partial charge is 0.321 e. The number of amides is 1. The van der Waals surface area contributed by atoms with E-state index in [0.717, 1.165) is 21.3 Å². The molecular weight excluding hydrogens is 442 g/mol. The van der Waals surface area contributed by atoms with Gasteiger partial charge in [-0.25, -0.2) is 4.98 Å². The van der Waals surface area contributed by atoms with Crippen molar-refractivity contribution in [1.29, 1.82) is 0 Å². The van der Waals surface area contributed by atoms with Crippen molar-refractivity contribution in [2.45, 2.75) is 6.54 Å². The fourth-order valence-corrected chi connectivity index (χ4v) is 4.01. The Morgan fingerprint density at radius 2 is 1.73 bits per heavy atom. The molecular formula is C24H16BrN3O2. The number of aromatic nitrogens is 2. The van der Waals surface area contributed by atoms with Crippen LogP contribution in [0.5, 0.6) is 0 Å². The predicted molar refractivity (Wildman–Crippen MR) is 122 cm³/mol. The van der Waals surface area contributed by atoms with E-state index in [1.807, 2.05) is 66.7 Å². The van der Waals surface area contributed by atoms with Gasteiger partial charge in [0, 0.05) is 15.7 Å². The molecule has 5 rings (SSSR count). The van der Waals surface area contributed by atoms with E-state index in [0.29, 0.717) is 28.8 Å². The maximum Gasteiger partial charge on any atom is 0.261 e. The van der Waals surface area contributed by atoms with Crippen molar-refractivity contribution < 1.29 is 4.79 Å². The van der Waals surface area contributed by atoms with Gasteiger partial charge in [0.1, 0.15) is 5.82 Å². The van der Waals surface area contributed by atoms with Crippen LogP contribution in [0.3, 0.4) is 0 Å². The summed E-state index contributed by atoms with van der Waals surface area (Å²) < 4.78 is 2.49. The molecule has 1 aliphatic heterocycles. The molecule has 6 heteroatoms. The number of hydrogen-bond acceptors (Lipinski definition) is 3. The molecule has 1 N–H and O–H groups in total. The summed E-state index contributed by atoms with van der Waals surface area (Å²) in [4.78, 5) is 30.7. The number of carbonyl (C=O) groups excluding carboxylic acids is 1. The smallest absolute Gasteiger partial charge is 0.261 e. The number of nitrogens with one attached hydrogen (secondary N) is 1. The van der Waals surface area contributed by atoms with Crippen LogP contribution in [0.2, 0.25) is 0 Å². The van der Waals surface area contributed by atoms with E-state index in [1.54, 1.807) is 16.7 Å². The molecule has 0 unspecified atom stereocenters. The van der Waals surface area contributed by atoms with Crippen molar-refractivity contribution in [3.8, 4) is 0 Å². The summed E-state index contributed by atoms with van der Waals surface area (Å²) in [7, 11) is 0. The van der Waals surface area contributed by atoms with Gasteiger partial charge in [0.2, 0.25) is 0 Å². The number of carbonyl (C=O) groups is 1. The van der Waals surface area contributed by atoms with Crippen LogP contribution in [0.4, 0.5) is 5.69 Å². The molecule has 0 fully saturated rings. The zero-order valence-corrected chi connectivity index (χ0v) is 17.4. The summed E-state index contributed by atoms with van der Waals surface area (Å²) in [6.07, 6.45) is 1.70. The van der Waals surface area contributed by atoms with E-state index < -0.39 is 0 Å². The molecule has 0 radical (unpaired) electrons. The fraction of sp³-hybridized carbons (Fsp3) is 0.0417. The minimum absolute atomic E-state index is 0.135. The van der Waals surface area contributed by atoms with Gasteiger partial charge < -0.3 is 5.32 Å². The fourth-order valence-electron chi connectivity index (χ4n) is 3.65. The second kappa shape index (κ2) is 7.39. The van der Waals surface area contributed by atoms with Gasteiger partial charge in [-0.1, -0.05) is 58.4 Å². The monoisotopic (exact) mass is 457 g/mol. The quantitative estimate of drug-likeness (QED) is 0.453. The first kappa shape index (κ1) is 18.5. The first-order chi connectivity index (χ1) is 14.6. The summed E-state index contributed by atoms with van der Waals surface area (Å²) >= 11 is 3.46. The second-order valence-corrected chi connectivity index (χ2v) is 7.98. The van der Waals surface area contributed by atoms with Gasteiger partial charge >= 0.3 is 0 Å². The molecule has 5 nitrogen and oxygen atoms in total. The Morgan fingerprint density at radius 3 is 2.57 bits per heavy atom. The molecule has 4 aromatic rings. The number of anilines is 1. The van der Waals surface area contributed by atoms with E-state index in [-0.39, 0.29) is 11.5 Å². The van der Waals surface area contributed by atoms with Crippen molar-refractivity contribution in [3.05, 3.63) is 105 Å². The summed E-state index contributed by atoms with van der Waals surface area (Å²) in [6.45, 7) is 0.365. The van der Waals surface area contributed by atoms with Crippen LogP contribution in [0.15, 0.2) is 82.1 Å². The number of halogens is 1. The average Bonchev–Trinajstić information content (AvgIpc) is 3.06. The van der Waals surface area contributed by atoms with E-state index in [1.165, 1.54) is 0 Å². The van der Waals surface area contributed by atoms with Crippen molar-refractivity contribution >= 4 is 50.1 Å². The molecule has 1 aromatic heterocycles. The molecule has 0 atom stereocenters. The lowest BCUT2D eigenvalue weighted by Gasteiger charge is -2.12. The maximum atomic E-state index is 13.3. The summed E-state index contributed by atoms with van der Waals surface area (Å²) in [5.41, 5.74) is 3.46. The van der Waals surface area contributed by atoms with Crippen LogP contribution in [0.25, 0.3) is 22.6 Å². The zero-order chi connectivity index (χ0) is 20.7. The van der Waals surface area contributed by atoms with Crippen molar-refractivity contribution in [2.24, 2.45) is 0 Å². The third kappa shape index (κ3) is 3.25. The van der Waals surface area contributed by atoms with Gasteiger partial charge in [-0.05, 0) is 42.0 Å². The highest BCUT2D eigenvalue weighted by molar-refractivity contribution is 9.10. The topological polar surface area (TPSA) is 64.0 Å². The third-order valence-corrected chi connectivity index (χ3v) is 5.61. The van der Waals surface area contributed by atoms with E-state index in [9.17, 15) is 9.59 Å². The molecule has 1 aliphatic rings. The summed E-state index contributed by atoms with van der Waals surface area (Å²) in [5, 5.41) is 3.42. The summed E-state index contributed by atoms with van der Waals surface area (Å²) in [5.74, 6) is 0.234. The maximum absolute atomic E-state index is 13.3. The lowest BCUT2D eigenvalue weighted by molar-refractivity contribution is -0.110. The Hall–Kier alpha value is -3.51. The van der Waals surface area contributed by atoms with Gasteiger partial charge in [-0.3, -0.25) is 14.2 Å². The Kier molecular flexibility index (Phi) is 4.56. The number of fused-ring (bicyclic) bond motifs is 2. The Morgan fingerprint density at radius 1 is 0.967 bits per heavy atom. The Balaban J connectivity index is 1.74. The van der Waals surface area contributed by atoms with Crippen molar-refractivity contribution in [2.75, 3.05) is 5.32 Å². The second-order valence-electron chi connectivity index (χ2n) is 7.07. The molecule has 146 valence electrons. The first-order valence-corrected chi connectivity index (χ1v) is 10.3. The van der Waals surface area contributed by atoms with Crippen molar-refractivity contribution in [3.63, 3.8) is 0 Å². The molecule has 0 saturated heterocycles. The van der Waals surface area contributed by atoms with Crippen LogP contribution in [0.1, 0.15) is 17.0 Å². The van der Waals surface area contributed by atoms with Gasteiger partial charge in [0.25, 0.3) is 11.5 Å². The van der Waals surface area contributed by atoms with Gasteiger partial charge in [-0.2, -0.15) is 0 Å². The molecule has 2 heterocycles. The minimum atomic E-state index is -0.211. The third-order valence-electron chi connectivity index (χ3n) is 5.11.